The molecular formula is C11H13NO3S. The van der Waals surface area contributed by atoms with Crippen LogP contribution < -0.4 is 10.5 Å². The number of ether oxygens (including phenoxy) is 1. The van der Waals surface area contributed by atoms with Crippen LogP contribution in [-0.4, -0.2) is 22.2 Å². The minimum Gasteiger partial charge on any atom is -0.479 e. The molecule has 5 heteroatoms. The molecule has 0 fully saturated rings. The maximum absolute atomic E-state index is 10.7. The summed E-state index contributed by atoms with van der Waals surface area (Å²) in [5.74, 6) is -0.477. The first-order valence-electron chi connectivity index (χ1n) is 4.84. The molecule has 1 atom stereocenters. The zero-order chi connectivity index (χ0) is 12.1. The first-order valence-corrected chi connectivity index (χ1v) is 5.24. The standard InChI is InChI=1S/C11H13NO3S/c1-2-9(11(13)14)15-8-5-3-7(4-6-8)10(12)16/h3-6,9H,2H2,1H3,(H2,12,16)(H,13,14). The third-order valence-electron chi connectivity index (χ3n) is 2.06. The summed E-state index contributed by atoms with van der Waals surface area (Å²) in [6.07, 6.45) is -0.414. The highest BCUT2D eigenvalue weighted by Gasteiger charge is 2.16. The maximum atomic E-state index is 10.7. The second-order valence-electron chi connectivity index (χ2n) is 3.24. The summed E-state index contributed by atoms with van der Waals surface area (Å²) in [5.41, 5.74) is 6.16. The fourth-order valence-corrected chi connectivity index (χ4v) is 1.31. The Bertz CT molecular complexity index is 389. The summed E-state index contributed by atoms with van der Waals surface area (Å²) in [4.78, 5) is 11.0. The summed E-state index contributed by atoms with van der Waals surface area (Å²) in [5, 5.41) is 8.81. The fraction of sp³-hybridized carbons (Fsp3) is 0.273. The number of benzene rings is 1. The third-order valence-corrected chi connectivity index (χ3v) is 2.30. The molecule has 1 unspecified atom stereocenters. The lowest BCUT2D eigenvalue weighted by atomic mass is 10.2. The maximum Gasteiger partial charge on any atom is 0.344 e. The van der Waals surface area contributed by atoms with Crippen molar-refractivity contribution in [1.29, 1.82) is 0 Å². The van der Waals surface area contributed by atoms with Crippen LogP contribution in [0.3, 0.4) is 0 Å². The van der Waals surface area contributed by atoms with Crippen molar-refractivity contribution in [2.75, 3.05) is 0 Å². The van der Waals surface area contributed by atoms with Gasteiger partial charge in [0.05, 0.1) is 0 Å². The minimum atomic E-state index is -0.971. The van der Waals surface area contributed by atoms with Crippen molar-refractivity contribution in [3.63, 3.8) is 0 Å². The highest BCUT2D eigenvalue weighted by molar-refractivity contribution is 7.80. The Morgan fingerprint density at radius 3 is 2.44 bits per heavy atom. The molecule has 0 aliphatic rings. The predicted octanol–water partition coefficient (Wildman–Crippen LogP) is 1.56. The van der Waals surface area contributed by atoms with Crippen molar-refractivity contribution in [3.8, 4) is 5.75 Å². The summed E-state index contributed by atoms with van der Waals surface area (Å²) < 4.78 is 5.28. The number of nitrogens with two attached hydrogens (primary N) is 1. The molecule has 0 bridgehead atoms. The Labute approximate surface area is 99.0 Å². The average molecular weight is 239 g/mol. The van der Waals surface area contributed by atoms with Gasteiger partial charge in [-0.2, -0.15) is 0 Å². The van der Waals surface area contributed by atoms with Gasteiger partial charge in [0.15, 0.2) is 6.10 Å². The summed E-state index contributed by atoms with van der Waals surface area (Å²) in [6.45, 7) is 1.75. The Morgan fingerprint density at radius 1 is 1.50 bits per heavy atom. The molecule has 0 aromatic heterocycles. The van der Waals surface area contributed by atoms with Crippen LogP contribution in [0.25, 0.3) is 0 Å². The molecule has 0 saturated carbocycles. The van der Waals surface area contributed by atoms with Gasteiger partial charge in [-0.05, 0) is 30.7 Å². The molecule has 4 nitrogen and oxygen atoms in total. The van der Waals surface area contributed by atoms with Crippen molar-refractivity contribution in [2.45, 2.75) is 19.4 Å². The van der Waals surface area contributed by atoms with Crippen LogP contribution >= 0.6 is 12.2 Å². The Balaban J connectivity index is 2.75. The van der Waals surface area contributed by atoms with Crippen LogP contribution in [-0.2, 0) is 4.79 Å². The van der Waals surface area contributed by atoms with Crippen LogP contribution in [0, 0.1) is 0 Å². The van der Waals surface area contributed by atoms with Gasteiger partial charge in [0, 0.05) is 5.56 Å². The van der Waals surface area contributed by atoms with E-state index in [2.05, 4.69) is 0 Å². The molecule has 1 aromatic carbocycles. The summed E-state index contributed by atoms with van der Waals surface area (Å²) in [6, 6.07) is 6.71. The monoisotopic (exact) mass is 239 g/mol. The fourth-order valence-electron chi connectivity index (χ4n) is 1.17. The summed E-state index contributed by atoms with van der Waals surface area (Å²) >= 11 is 4.80. The number of rotatable bonds is 5. The first kappa shape index (κ1) is 12.4. The van der Waals surface area contributed by atoms with E-state index in [-0.39, 0.29) is 0 Å². The lowest BCUT2D eigenvalue weighted by Gasteiger charge is -2.13. The number of carboxylic acids is 1. The van der Waals surface area contributed by atoms with Gasteiger partial charge in [-0.3, -0.25) is 0 Å². The van der Waals surface area contributed by atoms with Crippen LogP contribution in [0.15, 0.2) is 24.3 Å². The van der Waals surface area contributed by atoms with E-state index in [4.69, 9.17) is 27.8 Å². The Kier molecular flexibility index (Phi) is 4.25. The molecule has 16 heavy (non-hydrogen) atoms. The predicted molar refractivity (Wildman–Crippen MR) is 64.7 cm³/mol. The largest absolute Gasteiger partial charge is 0.479 e. The van der Waals surface area contributed by atoms with E-state index in [0.717, 1.165) is 5.56 Å². The van der Waals surface area contributed by atoms with Crippen LogP contribution in [0.1, 0.15) is 18.9 Å². The lowest BCUT2D eigenvalue weighted by molar-refractivity contribution is -0.145. The number of hydrogen-bond acceptors (Lipinski definition) is 3. The van der Waals surface area contributed by atoms with E-state index in [1.165, 1.54) is 0 Å². The van der Waals surface area contributed by atoms with Crippen LogP contribution in [0.4, 0.5) is 0 Å². The van der Waals surface area contributed by atoms with Gasteiger partial charge in [0.1, 0.15) is 10.7 Å². The molecule has 0 aliphatic heterocycles. The zero-order valence-corrected chi connectivity index (χ0v) is 9.66. The van der Waals surface area contributed by atoms with E-state index in [9.17, 15) is 4.79 Å². The van der Waals surface area contributed by atoms with Gasteiger partial charge in [-0.15, -0.1) is 0 Å². The molecule has 1 aromatic rings. The number of thiocarbonyl (C=S) groups is 1. The van der Waals surface area contributed by atoms with Crippen molar-refractivity contribution in [3.05, 3.63) is 29.8 Å². The van der Waals surface area contributed by atoms with Gasteiger partial charge in [0.25, 0.3) is 0 Å². The molecule has 1 rings (SSSR count). The average Bonchev–Trinajstić information content (AvgIpc) is 2.26. The van der Waals surface area contributed by atoms with Gasteiger partial charge >= 0.3 is 5.97 Å². The topological polar surface area (TPSA) is 72.5 Å². The second kappa shape index (κ2) is 5.46. The third kappa shape index (κ3) is 3.20. The highest BCUT2D eigenvalue weighted by Crippen LogP contribution is 2.15. The molecule has 0 amide bonds. The van der Waals surface area contributed by atoms with E-state index in [1.54, 1.807) is 31.2 Å². The SMILES string of the molecule is CCC(Oc1ccc(C(N)=S)cc1)C(=O)O. The minimum absolute atomic E-state index is 0.303. The molecule has 86 valence electrons. The van der Waals surface area contributed by atoms with Gasteiger partial charge in [0.2, 0.25) is 0 Å². The van der Waals surface area contributed by atoms with Crippen LogP contribution in [0.2, 0.25) is 0 Å². The molecule has 3 N–H and O–H groups in total. The first-order chi connectivity index (χ1) is 7.54. The summed E-state index contributed by atoms with van der Waals surface area (Å²) in [7, 11) is 0. The molecule has 0 spiro atoms. The van der Waals surface area contributed by atoms with Crippen molar-refractivity contribution < 1.29 is 14.6 Å². The van der Waals surface area contributed by atoms with Gasteiger partial charge in [-0.25, -0.2) is 4.79 Å². The number of carbonyl (C=O) groups is 1. The van der Waals surface area contributed by atoms with Crippen molar-refractivity contribution in [2.24, 2.45) is 5.73 Å². The van der Waals surface area contributed by atoms with Crippen LogP contribution in [0.5, 0.6) is 5.75 Å². The van der Waals surface area contributed by atoms with E-state index in [1.807, 2.05) is 0 Å². The Hall–Kier alpha value is -1.62. The molecule has 0 saturated heterocycles. The highest BCUT2D eigenvalue weighted by atomic mass is 32.1. The lowest BCUT2D eigenvalue weighted by Crippen LogP contribution is -2.25. The molecule has 0 radical (unpaired) electrons. The molecule has 0 heterocycles. The second-order valence-corrected chi connectivity index (χ2v) is 3.68. The normalized spacial score (nSPS) is 11.8. The zero-order valence-electron chi connectivity index (χ0n) is 8.84. The smallest absolute Gasteiger partial charge is 0.344 e. The van der Waals surface area contributed by atoms with E-state index < -0.39 is 12.1 Å². The molecular weight excluding hydrogens is 226 g/mol. The quantitative estimate of drug-likeness (QED) is 0.763. The Morgan fingerprint density at radius 2 is 2.06 bits per heavy atom. The van der Waals surface area contributed by atoms with E-state index in [0.29, 0.717) is 17.2 Å². The van der Waals surface area contributed by atoms with E-state index >= 15 is 0 Å². The van der Waals surface area contributed by atoms with Gasteiger partial charge in [-0.1, -0.05) is 19.1 Å². The van der Waals surface area contributed by atoms with Crippen molar-refractivity contribution >= 4 is 23.2 Å². The van der Waals surface area contributed by atoms with Crippen molar-refractivity contribution in [1.82, 2.24) is 0 Å². The van der Waals surface area contributed by atoms with Gasteiger partial charge < -0.3 is 15.6 Å². The number of carboxylic acid groups (broad SMARTS) is 1. The number of aliphatic carboxylic acids is 1. The number of hydrogen-bond donors (Lipinski definition) is 2. The molecule has 0 aliphatic carbocycles.